The Hall–Kier alpha value is -0.770. The molecular weight excluding hydrogens is 232 g/mol. The highest BCUT2D eigenvalue weighted by Crippen LogP contribution is 2.29. The number of aromatic nitrogens is 1. The monoisotopic (exact) mass is 242 g/mol. The van der Waals surface area contributed by atoms with Crippen LogP contribution in [0.25, 0.3) is 0 Å². The van der Waals surface area contributed by atoms with Crippen LogP contribution in [0.15, 0.2) is 16.7 Å². The average molecular weight is 243 g/mol. The highest BCUT2D eigenvalue weighted by Gasteiger charge is 2.18. The third kappa shape index (κ3) is 1.77. The molecule has 0 fully saturated rings. The molecule has 2 heterocycles. The van der Waals surface area contributed by atoms with E-state index >= 15 is 0 Å². The molecule has 1 aromatic rings. The Morgan fingerprint density at radius 2 is 2.62 bits per heavy atom. The van der Waals surface area contributed by atoms with Crippen LogP contribution >= 0.6 is 15.9 Å². The molecule has 1 N–H and O–H groups in total. The van der Waals surface area contributed by atoms with E-state index in [1.165, 1.54) is 0 Å². The molecule has 0 radical (unpaired) electrons. The van der Waals surface area contributed by atoms with Crippen LogP contribution in [0.1, 0.15) is 13.3 Å². The smallest absolute Gasteiger partial charge is 0.169 e. The molecule has 0 unspecified atom stereocenters. The Kier molecular flexibility index (Phi) is 2.40. The second-order valence-electron chi connectivity index (χ2n) is 3.06. The van der Waals surface area contributed by atoms with Gasteiger partial charge in [-0.3, -0.25) is 0 Å². The van der Waals surface area contributed by atoms with E-state index in [4.69, 9.17) is 4.74 Å². The number of anilines is 1. The summed E-state index contributed by atoms with van der Waals surface area (Å²) in [5.74, 6) is 1.68. The van der Waals surface area contributed by atoms with Gasteiger partial charge in [-0.05, 0) is 28.4 Å². The predicted molar refractivity (Wildman–Crippen MR) is 55.1 cm³/mol. The first-order valence-corrected chi connectivity index (χ1v) is 5.13. The van der Waals surface area contributed by atoms with Crippen molar-refractivity contribution in [2.75, 3.05) is 11.9 Å². The number of hydrogen-bond acceptors (Lipinski definition) is 3. The number of nitrogens with zero attached hydrogens (tertiary/aromatic N) is 1. The Balaban J connectivity index is 2.26. The number of hydrogen-bond donors (Lipinski definition) is 1. The van der Waals surface area contributed by atoms with E-state index in [2.05, 4.69) is 33.2 Å². The lowest BCUT2D eigenvalue weighted by Crippen LogP contribution is -2.31. The number of ether oxygens (including phenoxy) is 1. The lowest BCUT2D eigenvalue weighted by atomic mass is 10.2. The van der Waals surface area contributed by atoms with Crippen LogP contribution in [0.4, 0.5) is 5.82 Å². The van der Waals surface area contributed by atoms with Gasteiger partial charge in [0.1, 0.15) is 6.61 Å². The SMILES string of the molecule is CC[C@@H]1COc2cc(Br)cnc2N1. The van der Waals surface area contributed by atoms with E-state index in [1.807, 2.05) is 6.07 Å². The second-order valence-corrected chi connectivity index (χ2v) is 3.98. The minimum absolute atomic E-state index is 0.390. The molecule has 4 heteroatoms. The van der Waals surface area contributed by atoms with Crippen LogP contribution < -0.4 is 10.1 Å². The van der Waals surface area contributed by atoms with Gasteiger partial charge in [-0.1, -0.05) is 6.92 Å². The maximum atomic E-state index is 5.55. The Labute approximate surface area is 85.6 Å². The van der Waals surface area contributed by atoms with Crippen molar-refractivity contribution < 1.29 is 4.74 Å². The molecule has 1 atom stereocenters. The normalized spacial score (nSPS) is 20.0. The summed E-state index contributed by atoms with van der Waals surface area (Å²) in [5.41, 5.74) is 0. The molecule has 13 heavy (non-hydrogen) atoms. The van der Waals surface area contributed by atoms with Crippen molar-refractivity contribution in [3.05, 3.63) is 16.7 Å². The summed E-state index contributed by atoms with van der Waals surface area (Å²) in [6.07, 6.45) is 2.82. The van der Waals surface area contributed by atoms with E-state index in [9.17, 15) is 0 Å². The van der Waals surface area contributed by atoms with Crippen LogP contribution in [-0.4, -0.2) is 17.6 Å². The van der Waals surface area contributed by atoms with Crippen LogP contribution in [0.5, 0.6) is 5.75 Å². The van der Waals surface area contributed by atoms with Gasteiger partial charge >= 0.3 is 0 Å². The maximum Gasteiger partial charge on any atom is 0.169 e. The summed E-state index contributed by atoms with van der Waals surface area (Å²) < 4.78 is 6.50. The van der Waals surface area contributed by atoms with Gasteiger partial charge in [0.25, 0.3) is 0 Å². The van der Waals surface area contributed by atoms with Crippen LogP contribution in [0.3, 0.4) is 0 Å². The summed E-state index contributed by atoms with van der Waals surface area (Å²) >= 11 is 3.35. The van der Waals surface area contributed by atoms with Crippen molar-refractivity contribution in [2.45, 2.75) is 19.4 Å². The molecule has 0 saturated heterocycles. The minimum atomic E-state index is 0.390. The Morgan fingerprint density at radius 3 is 3.38 bits per heavy atom. The number of pyridine rings is 1. The third-order valence-corrected chi connectivity index (χ3v) is 2.53. The Bertz CT molecular complexity index is 316. The van der Waals surface area contributed by atoms with E-state index < -0.39 is 0 Å². The number of fused-ring (bicyclic) bond motifs is 1. The summed E-state index contributed by atoms with van der Waals surface area (Å²) in [7, 11) is 0. The van der Waals surface area contributed by atoms with Crippen molar-refractivity contribution in [1.82, 2.24) is 4.98 Å². The molecule has 0 amide bonds. The first-order valence-electron chi connectivity index (χ1n) is 4.34. The number of rotatable bonds is 1. The van der Waals surface area contributed by atoms with Gasteiger partial charge in [0.15, 0.2) is 11.6 Å². The average Bonchev–Trinajstić information content (AvgIpc) is 2.17. The molecule has 1 aliphatic rings. The fourth-order valence-electron chi connectivity index (χ4n) is 1.28. The third-order valence-electron chi connectivity index (χ3n) is 2.09. The molecule has 0 aromatic carbocycles. The fraction of sp³-hybridized carbons (Fsp3) is 0.444. The summed E-state index contributed by atoms with van der Waals surface area (Å²) in [6, 6.07) is 2.32. The lowest BCUT2D eigenvalue weighted by Gasteiger charge is -2.25. The van der Waals surface area contributed by atoms with Gasteiger partial charge in [0.05, 0.1) is 6.04 Å². The van der Waals surface area contributed by atoms with Crippen molar-refractivity contribution in [3.8, 4) is 5.75 Å². The van der Waals surface area contributed by atoms with Gasteiger partial charge in [0, 0.05) is 10.7 Å². The molecule has 0 saturated carbocycles. The minimum Gasteiger partial charge on any atom is -0.488 e. The first kappa shape index (κ1) is 8.81. The maximum absolute atomic E-state index is 5.55. The molecule has 2 rings (SSSR count). The Morgan fingerprint density at radius 1 is 1.77 bits per heavy atom. The van der Waals surface area contributed by atoms with Gasteiger partial charge in [0.2, 0.25) is 0 Å². The lowest BCUT2D eigenvalue weighted by molar-refractivity contribution is 0.279. The molecule has 0 spiro atoms. The highest BCUT2D eigenvalue weighted by molar-refractivity contribution is 9.10. The van der Waals surface area contributed by atoms with Gasteiger partial charge < -0.3 is 10.1 Å². The molecule has 3 nitrogen and oxygen atoms in total. The second kappa shape index (κ2) is 3.54. The van der Waals surface area contributed by atoms with Crippen LogP contribution in [0.2, 0.25) is 0 Å². The van der Waals surface area contributed by atoms with E-state index in [0.29, 0.717) is 6.04 Å². The van der Waals surface area contributed by atoms with E-state index in [0.717, 1.165) is 29.1 Å². The summed E-state index contributed by atoms with van der Waals surface area (Å²) in [6.45, 7) is 2.85. The zero-order chi connectivity index (χ0) is 9.26. The number of nitrogens with one attached hydrogen (secondary N) is 1. The standard InChI is InChI=1S/C9H11BrN2O/c1-2-7-5-13-8-3-6(10)4-11-9(8)12-7/h3-4,7H,2,5H2,1H3,(H,11,12)/t7-/m1/s1. The molecule has 0 bridgehead atoms. The van der Waals surface area contributed by atoms with E-state index in [-0.39, 0.29) is 0 Å². The van der Waals surface area contributed by atoms with Crippen molar-refractivity contribution in [1.29, 1.82) is 0 Å². The quantitative estimate of drug-likeness (QED) is 0.822. The molecular formula is C9H11BrN2O. The zero-order valence-corrected chi connectivity index (χ0v) is 8.97. The summed E-state index contributed by atoms with van der Waals surface area (Å²) in [4.78, 5) is 4.23. The molecule has 0 aliphatic carbocycles. The van der Waals surface area contributed by atoms with Crippen molar-refractivity contribution in [2.24, 2.45) is 0 Å². The van der Waals surface area contributed by atoms with Gasteiger partial charge in [-0.2, -0.15) is 0 Å². The van der Waals surface area contributed by atoms with Gasteiger partial charge in [-0.25, -0.2) is 4.98 Å². The topological polar surface area (TPSA) is 34.1 Å². The van der Waals surface area contributed by atoms with E-state index in [1.54, 1.807) is 6.20 Å². The largest absolute Gasteiger partial charge is 0.488 e. The van der Waals surface area contributed by atoms with Crippen LogP contribution in [-0.2, 0) is 0 Å². The van der Waals surface area contributed by atoms with Crippen molar-refractivity contribution in [3.63, 3.8) is 0 Å². The molecule has 70 valence electrons. The zero-order valence-electron chi connectivity index (χ0n) is 7.38. The molecule has 1 aliphatic heterocycles. The van der Waals surface area contributed by atoms with Crippen LogP contribution in [0, 0.1) is 0 Å². The van der Waals surface area contributed by atoms with Crippen molar-refractivity contribution >= 4 is 21.7 Å². The number of halogens is 1. The molecule has 1 aromatic heterocycles. The highest BCUT2D eigenvalue weighted by atomic mass is 79.9. The van der Waals surface area contributed by atoms with Gasteiger partial charge in [-0.15, -0.1) is 0 Å². The summed E-state index contributed by atoms with van der Waals surface area (Å²) in [5, 5.41) is 3.32. The first-order chi connectivity index (χ1) is 6.29. The fourth-order valence-corrected chi connectivity index (χ4v) is 1.59. The predicted octanol–water partition coefficient (Wildman–Crippen LogP) is 2.43.